The summed E-state index contributed by atoms with van der Waals surface area (Å²) in [7, 11) is 0. The van der Waals surface area contributed by atoms with Crippen LogP contribution in [0.15, 0.2) is 188 Å². The maximum absolute atomic E-state index is 9.83. The first-order valence-electron chi connectivity index (χ1n) is 17.6. The number of rotatable bonds is 5. The fourth-order valence-corrected chi connectivity index (χ4v) is 8.21. The highest BCUT2D eigenvalue weighted by Crippen LogP contribution is 2.45. The van der Waals surface area contributed by atoms with Gasteiger partial charge in [-0.3, -0.25) is 0 Å². The summed E-state index contributed by atoms with van der Waals surface area (Å²) in [5.41, 5.74) is 14.3. The molecular formula is C49H31N3. The van der Waals surface area contributed by atoms with Crippen molar-refractivity contribution in [2.45, 2.75) is 0 Å². The Morgan fingerprint density at radius 2 is 0.712 bits per heavy atom. The molecule has 10 rings (SSSR count). The standard InChI is InChI=1S/C49H31N3/c50-32-33-15-12-18-35(31-33)52-47-30-11-9-24-41(47)45-28-14-26-43(49(45)52)39-22-7-5-20-37(39)36-19-4-6-21-38(36)42-25-13-27-44-40-23-8-10-29-46(40)51(48(42)44)34-16-2-1-3-17-34/h1-31H. The van der Waals surface area contributed by atoms with Crippen LogP contribution in [0.5, 0.6) is 0 Å². The van der Waals surface area contributed by atoms with Crippen LogP contribution in [0, 0.1) is 11.3 Å². The molecule has 242 valence electrons. The van der Waals surface area contributed by atoms with E-state index in [1.165, 1.54) is 49.3 Å². The van der Waals surface area contributed by atoms with Crippen LogP contribution in [-0.4, -0.2) is 9.13 Å². The summed E-state index contributed by atoms with van der Waals surface area (Å²) in [6.45, 7) is 0. The van der Waals surface area contributed by atoms with Crippen molar-refractivity contribution >= 4 is 43.6 Å². The molecule has 0 fully saturated rings. The van der Waals surface area contributed by atoms with Gasteiger partial charge >= 0.3 is 0 Å². The lowest BCUT2D eigenvalue weighted by molar-refractivity contribution is 1.18. The van der Waals surface area contributed by atoms with Crippen LogP contribution >= 0.6 is 0 Å². The van der Waals surface area contributed by atoms with Gasteiger partial charge in [-0.2, -0.15) is 5.26 Å². The van der Waals surface area contributed by atoms with Crippen LogP contribution in [0.4, 0.5) is 0 Å². The molecule has 0 amide bonds. The summed E-state index contributed by atoms with van der Waals surface area (Å²) in [6.07, 6.45) is 0. The number of nitriles is 1. The predicted molar refractivity (Wildman–Crippen MR) is 216 cm³/mol. The van der Waals surface area contributed by atoms with Gasteiger partial charge in [0.15, 0.2) is 0 Å². The van der Waals surface area contributed by atoms with Gasteiger partial charge in [-0.05, 0) is 64.7 Å². The number of hydrogen-bond acceptors (Lipinski definition) is 1. The molecule has 8 aromatic carbocycles. The average molecular weight is 662 g/mol. The Morgan fingerprint density at radius 3 is 1.25 bits per heavy atom. The highest BCUT2D eigenvalue weighted by Gasteiger charge is 2.22. The van der Waals surface area contributed by atoms with Crippen molar-refractivity contribution in [3.63, 3.8) is 0 Å². The fraction of sp³-hybridized carbons (Fsp3) is 0. The van der Waals surface area contributed by atoms with Crippen molar-refractivity contribution in [2.24, 2.45) is 0 Å². The molecule has 10 aromatic rings. The lowest BCUT2D eigenvalue weighted by Gasteiger charge is -2.18. The first-order valence-corrected chi connectivity index (χ1v) is 17.6. The molecule has 0 saturated carbocycles. The number of benzene rings is 8. The summed E-state index contributed by atoms with van der Waals surface area (Å²) < 4.78 is 4.74. The first kappa shape index (κ1) is 29.7. The van der Waals surface area contributed by atoms with Crippen LogP contribution in [-0.2, 0) is 0 Å². The van der Waals surface area contributed by atoms with Crippen molar-refractivity contribution in [1.82, 2.24) is 9.13 Å². The van der Waals surface area contributed by atoms with Gasteiger partial charge in [0.2, 0.25) is 0 Å². The minimum absolute atomic E-state index is 0.636. The maximum Gasteiger partial charge on any atom is 0.0992 e. The first-order chi connectivity index (χ1) is 25.8. The van der Waals surface area contributed by atoms with Gasteiger partial charge in [0, 0.05) is 44.0 Å². The Labute approximate surface area is 301 Å². The Balaban J connectivity index is 1.26. The topological polar surface area (TPSA) is 33.6 Å². The van der Waals surface area contributed by atoms with E-state index in [1.54, 1.807) is 0 Å². The van der Waals surface area contributed by atoms with Gasteiger partial charge in [-0.15, -0.1) is 0 Å². The van der Waals surface area contributed by atoms with E-state index in [1.807, 2.05) is 18.2 Å². The third-order valence-electron chi connectivity index (χ3n) is 10.4. The molecule has 0 atom stereocenters. The Hall–Kier alpha value is -7.15. The summed E-state index contributed by atoms with van der Waals surface area (Å²) in [4.78, 5) is 0. The van der Waals surface area contributed by atoms with Crippen molar-refractivity contribution in [2.75, 3.05) is 0 Å². The second-order valence-corrected chi connectivity index (χ2v) is 13.2. The minimum Gasteiger partial charge on any atom is -0.309 e. The molecule has 0 N–H and O–H groups in total. The molecule has 0 bridgehead atoms. The third-order valence-corrected chi connectivity index (χ3v) is 10.4. The summed E-state index contributed by atoms with van der Waals surface area (Å²) in [5, 5.41) is 14.7. The zero-order valence-corrected chi connectivity index (χ0v) is 28.2. The molecule has 2 heterocycles. The molecule has 0 unspecified atom stereocenters. The average Bonchev–Trinajstić information content (AvgIpc) is 3.75. The molecule has 0 aliphatic heterocycles. The minimum atomic E-state index is 0.636. The van der Waals surface area contributed by atoms with E-state index in [9.17, 15) is 5.26 Å². The van der Waals surface area contributed by atoms with Crippen molar-refractivity contribution < 1.29 is 0 Å². The number of aromatic nitrogens is 2. The summed E-state index contributed by atoms with van der Waals surface area (Å²) >= 11 is 0. The Kier molecular flexibility index (Phi) is 6.87. The molecule has 0 radical (unpaired) electrons. The smallest absolute Gasteiger partial charge is 0.0992 e. The van der Waals surface area contributed by atoms with Crippen molar-refractivity contribution in [1.29, 1.82) is 5.26 Å². The van der Waals surface area contributed by atoms with Gasteiger partial charge < -0.3 is 9.13 Å². The molecule has 0 saturated heterocycles. The predicted octanol–water partition coefficient (Wildman–Crippen LogP) is 12.8. The number of hydrogen-bond donors (Lipinski definition) is 0. The summed E-state index contributed by atoms with van der Waals surface area (Å²) in [6, 6.07) is 69.1. The SMILES string of the molecule is N#Cc1cccc(-n2c3ccccc3c3cccc(-c4ccccc4-c4ccccc4-c4cccc5c6ccccc6n(-c6ccccc6)c45)c32)c1. The Morgan fingerprint density at radius 1 is 0.327 bits per heavy atom. The van der Waals surface area contributed by atoms with Crippen molar-refractivity contribution in [3.8, 4) is 50.8 Å². The summed E-state index contributed by atoms with van der Waals surface area (Å²) in [5.74, 6) is 0. The van der Waals surface area contributed by atoms with Crippen LogP contribution in [0.1, 0.15) is 5.56 Å². The monoisotopic (exact) mass is 661 g/mol. The molecule has 0 spiro atoms. The number of nitrogens with zero attached hydrogens (tertiary/aromatic N) is 3. The van der Waals surface area contributed by atoms with Gasteiger partial charge in [0.1, 0.15) is 0 Å². The quantitative estimate of drug-likeness (QED) is 0.181. The molecule has 2 aromatic heterocycles. The second-order valence-electron chi connectivity index (χ2n) is 13.2. The van der Waals surface area contributed by atoms with Crippen LogP contribution < -0.4 is 0 Å². The lowest BCUT2D eigenvalue weighted by atomic mass is 9.88. The van der Waals surface area contributed by atoms with Crippen molar-refractivity contribution in [3.05, 3.63) is 194 Å². The van der Waals surface area contributed by atoms with Gasteiger partial charge in [-0.1, -0.05) is 146 Å². The third kappa shape index (κ3) is 4.52. The van der Waals surface area contributed by atoms with Gasteiger partial charge in [-0.25, -0.2) is 0 Å². The highest BCUT2D eigenvalue weighted by molar-refractivity contribution is 6.16. The fourth-order valence-electron chi connectivity index (χ4n) is 8.21. The lowest BCUT2D eigenvalue weighted by Crippen LogP contribution is -1.97. The highest BCUT2D eigenvalue weighted by atomic mass is 15.0. The van der Waals surface area contributed by atoms with Gasteiger partial charge in [0.25, 0.3) is 0 Å². The van der Waals surface area contributed by atoms with E-state index in [-0.39, 0.29) is 0 Å². The molecule has 3 heteroatoms. The molecule has 0 aliphatic carbocycles. The molecular weight excluding hydrogens is 631 g/mol. The van der Waals surface area contributed by atoms with E-state index in [4.69, 9.17) is 0 Å². The molecule has 52 heavy (non-hydrogen) atoms. The van der Waals surface area contributed by atoms with E-state index in [0.29, 0.717) is 5.56 Å². The second kappa shape index (κ2) is 12.0. The van der Waals surface area contributed by atoms with E-state index in [2.05, 4.69) is 185 Å². The number of para-hydroxylation sites is 5. The van der Waals surface area contributed by atoms with E-state index in [0.717, 1.165) is 39.1 Å². The van der Waals surface area contributed by atoms with Gasteiger partial charge in [0.05, 0.1) is 33.7 Å². The van der Waals surface area contributed by atoms with Crippen LogP contribution in [0.25, 0.3) is 88.4 Å². The van der Waals surface area contributed by atoms with Crippen LogP contribution in [0.2, 0.25) is 0 Å². The Bertz CT molecular complexity index is 3030. The zero-order valence-electron chi connectivity index (χ0n) is 28.2. The molecule has 3 nitrogen and oxygen atoms in total. The van der Waals surface area contributed by atoms with E-state index < -0.39 is 0 Å². The number of fused-ring (bicyclic) bond motifs is 6. The maximum atomic E-state index is 9.83. The zero-order chi connectivity index (χ0) is 34.6. The van der Waals surface area contributed by atoms with Crippen LogP contribution in [0.3, 0.4) is 0 Å². The largest absolute Gasteiger partial charge is 0.309 e. The van der Waals surface area contributed by atoms with E-state index >= 15 is 0 Å². The molecule has 0 aliphatic rings. The normalized spacial score (nSPS) is 11.4.